The number of ether oxygens (including phenoxy) is 1. The molecule has 2 aliphatic rings. The number of likely N-dealkylation sites (N-methyl/N-ethyl adjacent to an activating group) is 1. The molecular formula is C19H32N4O. The van der Waals surface area contributed by atoms with Crippen LogP contribution in [-0.4, -0.2) is 87.3 Å². The second-order valence-electron chi connectivity index (χ2n) is 7.19. The fourth-order valence-electron chi connectivity index (χ4n) is 3.85. The quantitative estimate of drug-likeness (QED) is 0.878. The molecule has 2 aliphatic heterocycles. The summed E-state index contributed by atoms with van der Waals surface area (Å²) in [6, 6.07) is 9.63. The molecule has 0 saturated carbocycles. The number of benzene rings is 1. The average Bonchev–Trinajstić information content (AvgIpc) is 2.62. The zero-order chi connectivity index (χ0) is 16.9. The van der Waals surface area contributed by atoms with Crippen LogP contribution in [0, 0.1) is 0 Å². The minimum atomic E-state index is 0.431. The summed E-state index contributed by atoms with van der Waals surface area (Å²) in [5.74, 6) is 0.957. The normalized spacial score (nSPS) is 25.5. The molecule has 0 amide bonds. The van der Waals surface area contributed by atoms with Gasteiger partial charge in [-0.25, -0.2) is 0 Å². The predicted molar refractivity (Wildman–Crippen MR) is 98.7 cm³/mol. The molecule has 1 N–H and O–H groups in total. The van der Waals surface area contributed by atoms with Gasteiger partial charge in [0.15, 0.2) is 0 Å². The third kappa shape index (κ3) is 4.28. The minimum Gasteiger partial charge on any atom is -0.497 e. The summed E-state index contributed by atoms with van der Waals surface area (Å²) in [7, 11) is 3.97. The van der Waals surface area contributed by atoms with Gasteiger partial charge in [-0.05, 0) is 31.7 Å². The molecule has 2 unspecified atom stereocenters. The van der Waals surface area contributed by atoms with Crippen LogP contribution in [0.5, 0.6) is 5.75 Å². The van der Waals surface area contributed by atoms with Gasteiger partial charge in [0.25, 0.3) is 0 Å². The lowest BCUT2D eigenvalue weighted by atomic mass is 10.0. The highest BCUT2D eigenvalue weighted by atomic mass is 16.5. The molecule has 0 aliphatic carbocycles. The monoisotopic (exact) mass is 332 g/mol. The molecule has 0 spiro atoms. The first-order valence-corrected chi connectivity index (χ1v) is 9.18. The summed E-state index contributed by atoms with van der Waals surface area (Å²) in [4.78, 5) is 7.72. The highest BCUT2D eigenvalue weighted by Crippen LogP contribution is 2.28. The molecule has 0 radical (unpaired) electrons. The van der Waals surface area contributed by atoms with E-state index in [1.165, 1.54) is 18.7 Å². The Morgan fingerprint density at radius 3 is 2.71 bits per heavy atom. The Morgan fingerprint density at radius 1 is 1.21 bits per heavy atom. The molecule has 0 bridgehead atoms. The van der Waals surface area contributed by atoms with Crippen molar-refractivity contribution >= 4 is 0 Å². The Labute approximate surface area is 146 Å². The van der Waals surface area contributed by atoms with E-state index in [9.17, 15) is 0 Å². The fraction of sp³-hybridized carbons (Fsp3) is 0.684. The lowest BCUT2D eigenvalue weighted by molar-refractivity contribution is 0.0661. The van der Waals surface area contributed by atoms with Crippen LogP contribution in [0.4, 0.5) is 0 Å². The second kappa shape index (κ2) is 8.30. The van der Waals surface area contributed by atoms with E-state index in [0.717, 1.165) is 45.0 Å². The van der Waals surface area contributed by atoms with Crippen molar-refractivity contribution in [3.05, 3.63) is 29.8 Å². The second-order valence-corrected chi connectivity index (χ2v) is 7.19. The minimum absolute atomic E-state index is 0.431. The van der Waals surface area contributed by atoms with Crippen LogP contribution in [0.2, 0.25) is 0 Å². The van der Waals surface area contributed by atoms with Gasteiger partial charge in [0.05, 0.1) is 7.11 Å². The van der Waals surface area contributed by atoms with Crippen LogP contribution in [-0.2, 0) is 0 Å². The first-order valence-electron chi connectivity index (χ1n) is 9.18. The summed E-state index contributed by atoms with van der Waals surface area (Å²) in [6.45, 7) is 11.4. The van der Waals surface area contributed by atoms with Gasteiger partial charge in [-0.1, -0.05) is 12.1 Å². The van der Waals surface area contributed by atoms with Gasteiger partial charge in [0, 0.05) is 64.4 Å². The van der Waals surface area contributed by atoms with Crippen molar-refractivity contribution in [3.63, 3.8) is 0 Å². The smallest absolute Gasteiger partial charge is 0.119 e. The zero-order valence-electron chi connectivity index (χ0n) is 15.4. The van der Waals surface area contributed by atoms with E-state index in [1.54, 1.807) is 7.11 Å². The fourth-order valence-corrected chi connectivity index (χ4v) is 3.85. The topological polar surface area (TPSA) is 31.0 Å². The van der Waals surface area contributed by atoms with Crippen LogP contribution in [0.1, 0.15) is 18.5 Å². The maximum atomic E-state index is 5.47. The zero-order valence-corrected chi connectivity index (χ0v) is 15.4. The highest BCUT2D eigenvalue weighted by Gasteiger charge is 2.29. The van der Waals surface area contributed by atoms with E-state index in [0.29, 0.717) is 12.1 Å². The van der Waals surface area contributed by atoms with Gasteiger partial charge in [-0.2, -0.15) is 0 Å². The van der Waals surface area contributed by atoms with Gasteiger partial charge < -0.3 is 15.0 Å². The van der Waals surface area contributed by atoms with Gasteiger partial charge in [0.2, 0.25) is 0 Å². The third-order valence-electron chi connectivity index (χ3n) is 5.46. The summed E-state index contributed by atoms with van der Waals surface area (Å²) in [6.07, 6.45) is 0. The SMILES string of the molecule is COc1cccc(C(CN2CCN(C)CC2)N2CCNCC2C)c1. The number of hydrogen-bond donors (Lipinski definition) is 1. The lowest BCUT2D eigenvalue weighted by Crippen LogP contribution is -2.54. The van der Waals surface area contributed by atoms with Crippen LogP contribution in [0.25, 0.3) is 0 Å². The molecule has 2 atom stereocenters. The number of methoxy groups -OCH3 is 1. The molecule has 2 fully saturated rings. The maximum Gasteiger partial charge on any atom is 0.119 e. The first kappa shape index (κ1) is 17.7. The first-order chi connectivity index (χ1) is 11.7. The Balaban J connectivity index is 1.79. The van der Waals surface area contributed by atoms with Crippen molar-refractivity contribution in [2.45, 2.75) is 19.0 Å². The lowest BCUT2D eigenvalue weighted by Gasteiger charge is -2.43. The molecule has 1 aromatic carbocycles. The van der Waals surface area contributed by atoms with Crippen molar-refractivity contribution in [1.82, 2.24) is 20.0 Å². The summed E-state index contributed by atoms with van der Waals surface area (Å²) >= 11 is 0. The molecule has 3 rings (SSSR count). The summed E-state index contributed by atoms with van der Waals surface area (Å²) in [5, 5.41) is 3.52. The number of hydrogen-bond acceptors (Lipinski definition) is 5. The molecule has 134 valence electrons. The highest BCUT2D eigenvalue weighted by molar-refractivity contribution is 5.31. The van der Waals surface area contributed by atoms with E-state index in [4.69, 9.17) is 4.74 Å². The molecule has 24 heavy (non-hydrogen) atoms. The number of piperazine rings is 2. The standard InChI is InChI=1S/C19H32N4O/c1-16-14-20-7-8-23(16)19(15-22-11-9-21(2)10-12-22)17-5-4-6-18(13-17)24-3/h4-6,13,16,19-20H,7-12,14-15H2,1-3H3. The van der Waals surface area contributed by atoms with Crippen molar-refractivity contribution in [3.8, 4) is 5.75 Å². The van der Waals surface area contributed by atoms with E-state index in [2.05, 4.69) is 52.2 Å². The van der Waals surface area contributed by atoms with Gasteiger partial charge in [-0.3, -0.25) is 9.80 Å². The molecular weight excluding hydrogens is 300 g/mol. The van der Waals surface area contributed by atoms with Crippen molar-refractivity contribution in [2.75, 3.05) is 66.5 Å². The molecule has 5 nitrogen and oxygen atoms in total. The van der Waals surface area contributed by atoms with Gasteiger partial charge >= 0.3 is 0 Å². The molecule has 2 heterocycles. The van der Waals surface area contributed by atoms with Crippen molar-refractivity contribution < 1.29 is 4.74 Å². The van der Waals surface area contributed by atoms with E-state index >= 15 is 0 Å². The van der Waals surface area contributed by atoms with Crippen LogP contribution >= 0.6 is 0 Å². The Kier molecular flexibility index (Phi) is 6.11. The van der Waals surface area contributed by atoms with E-state index in [-0.39, 0.29) is 0 Å². The predicted octanol–water partition coefficient (Wildman–Crippen LogP) is 1.28. The van der Waals surface area contributed by atoms with Gasteiger partial charge in [-0.15, -0.1) is 0 Å². The Morgan fingerprint density at radius 2 is 2.00 bits per heavy atom. The average molecular weight is 332 g/mol. The molecule has 2 saturated heterocycles. The van der Waals surface area contributed by atoms with Crippen LogP contribution < -0.4 is 10.1 Å². The van der Waals surface area contributed by atoms with Gasteiger partial charge in [0.1, 0.15) is 5.75 Å². The largest absolute Gasteiger partial charge is 0.497 e. The van der Waals surface area contributed by atoms with Crippen LogP contribution in [0.3, 0.4) is 0 Å². The summed E-state index contributed by atoms with van der Waals surface area (Å²) < 4.78 is 5.47. The number of nitrogens with zero attached hydrogens (tertiary/aromatic N) is 3. The van der Waals surface area contributed by atoms with Crippen molar-refractivity contribution in [2.24, 2.45) is 0 Å². The van der Waals surface area contributed by atoms with E-state index in [1.807, 2.05) is 6.07 Å². The Hall–Kier alpha value is -1.14. The van der Waals surface area contributed by atoms with Crippen LogP contribution in [0.15, 0.2) is 24.3 Å². The summed E-state index contributed by atoms with van der Waals surface area (Å²) in [5.41, 5.74) is 1.38. The third-order valence-corrected chi connectivity index (χ3v) is 5.46. The number of nitrogens with one attached hydrogen (secondary N) is 1. The number of rotatable bonds is 5. The van der Waals surface area contributed by atoms with Crippen molar-refractivity contribution in [1.29, 1.82) is 0 Å². The van der Waals surface area contributed by atoms with E-state index < -0.39 is 0 Å². The molecule has 0 aromatic heterocycles. The molecule has 1 aromatic rings. The Bertz CT molecular complexity index is 516. The maximum absolute atomic E-state index is 5.47. The molecule has 5 heteroatoms.